The van der Waals surface area contributed by atoms with Crippen LogP contribution < -0.4 is 10.5 Å². The summed E-state index contributed by atoms with van der Waals surface area (Å²) < 4.78 is 5.24. The number of nitrogens with zero attached hydrogens (tertiary/aromatic N) is 2. The van der Waals surface area contributed by atoms with Crippen molar-refractivity contribution in [1.82, 2.24) is 9.80 Å². The van der Waals surface area contributed by atoms with E-state index in [9.17, 15) is 4.79 Å². The SMILES string of the molecule is COc1cc2c(cc1N)CN(C(=O)CCN(C)C)CC2. The van der Waals surface area contributed by atoms with Crippen molar-refractivity contribution in [3.05, 3.63) is 23.3 Å². The summed E-state index contributed by atoms with van der Waals surface area (Å²) in [6.07, 6.45) is 1.42. The van der Waals surface area contributed by atoms with Crippen molar-refractivity contribution in [2.45, 2.75) is 19.4 Å². The lowest BCUT2D eigenvalue weighted by Crippen LogP contribution is -2.37. The van der Waals surface area contributed by atoms with E-state index in [1.165, 1.54) is 5.56 Å². The van der Waals surface area contributed by atoms with Gasteiger partial charge in [0.1, 0.15) is 5.75 Å². The van der Waals surface area contributed by atoms with E-state index >= 15 is 0 Å². The topological polar surface area (TPSA) is 58.8 Å². The molecule has 0 saturated heterocycles. The van der Waals surface area contributed by atoms with Crippen LogP contribution >= 0.6 is 0 Å². The monoisotopic (exact) mass is 277 g/mol. The van der Waals surface area contributed by atoms with Crippen molar-refractivity contribution in [1.29, 1.82) is 0 Å². The molecule has 5 heteroatoms. The first-order chi connectivity index (χ1) is 9.51. The molecule has 1 aromatic carbocycles. The van der Waals surface area contributed by atoms with Gasteiger partial charge in [-0.15, -0.1) is 0 Å². The number of carbonyl (C=O) groups is 1. The van der Waals surface area contributed by atoms with Crippen molar-refractivity contribution in [2.75, 3.05) is 40.0 Å². The van der Waals surface area contributed by atoms with Crippen molar-refractivity contribution in [3.8, 4) is 5.75 Å². The van der Waals surface area contributed by atoms with Gasteiger partial charge in [0.05, 0.1) is 12.8 Å². The van der Waals surface area contributed by atoms with E-state index in [-0.39, 0.29) is 5.91 Å². The Morgan fingerprint density at radius 1 is 1.40 bits per heavy atom. The Hall–Kier alpha value is -1.75. The van der Waals surface area contributed by atoms with E-state index in [0.717, 1.165) is 30.8 Å². The predicted octanol–water partition coefficient (Wildman–Crippen LogP) is 1.11. The Kier molecular flexibility index (Phi) is 4.49. The van der Waals surface area contributed by atoms with Crippen LogP contribution in [-0.4, -0.2) is 50.0 Å². The van der Waals surface area contributed by atoms with E-state index in [2.05, 4.69) is 0 Å². The highest BCUT2D eigenvalue weighted by Gasteiger charge is 2.21. The first-order valence-corrected chi connectivity index (χ1v) is 6.89. The van der Waals surface area contributed by atoms with Crippen molar-refractivity contribution >= 4 is 11.6 Å². The number of methoxy groups -OCH3 is 1. The zero-order valence-electron chi connectivity index (χ0n) is 12.5. The number of ether oxygens (including phenoxy) is 1. The molecule has 1 aliphatic rings. The zero-order chi connectivity index (χ0) is 14.7. The second-order valence-corrected chi connectivity index (χ2v) is 5.48. The molecule has 1 aliphatic heterocycles. The first kappa shape index (κ1) is 14.7. The van der Waals surface area contributed by atoms with Crippen LogP contribution in [-0.2, 0) is 17.8 Å². The van der Waals surface area contributed by atoms with Gasteiger partial charge in [0.15, 0.2) is 0 Å². The number of rotatable bonds is 4. The van der Waals surface area contributed by atoms with Crippen molar-refractivity contribution in [2.24, 2.45) is 0 Å². The number of hydrogen-bond acceptors (Lipinski definition) is 4. The average molecular weight is 277 g/mol. The van der Waals surface area contributed by atoms with E-state index in [0.29, 0.717) is 18.7 Å². The predicted molar refractivity (Wildman–Crippen MR) is 79.7 cm³/mol. The molecule has 5 nitrogen and oxygen atoms in total. The lowest BCUT2D eigenvalue weighted by atomic mass is 9.98. The molecule has 20 heavy (non-hydrogen) atoms. The van der Waals surface area contributed by atoms with Gasteiger partial charge in [0.2, 0.25) is 5.91 Å². The molecular formula is C15H23N3O2. The molecule has 1 aromatic rings. The fourth-order valence-electron chi connectivity index (χ4n) is 2.47. The summed E-state index contributed by atoms with van der Waals surface area (Å²) in [6, 6.07) is 3.92. The number of fused-ring (bicyclic) bond motifs is 1. The molecule has 0 fully saturated rings. The van der Waals surface area contributed by atoms with Gasteiger partial charge < -0.3 is 20.3 Å². The average Bonchev–Trinajstić information content (AvgIpc) is 2.43. The molecule has 110 valence electrons. The van der Waals surface area contributed by atoms with E-state index in [4.69, 9.17) is 10.5 Å². The van der Waals surface area contributed by atoms with Crippen LogP contribution in [0.15, 0.2) is 12.1 Å². The third-order valence-electron chi connectivity index (χ3n) is 3.69. The summed E-state index contributed by atoms with van der Waals surface area (Å²) in [5.41, 5.74) is 8.93. The lowest BCUT2D eigenvalue weighted by Gasteiger charge is -2.30. The van der Waals surface area contributed by atoms with Crippen LogP contribution in [0.25, 0.3) is 0 Å². The molecule has 0 spiro atoms. The fraction of sp³-hybridized carbons (Fsp3) is 0.533. The molecule has 0 atom stereocenters. The standard InChI is InChI=1S/C15H23N3O2/c1-17(2)6-5-15(19)18-7-4-11-9-14(20-3)13(16)8-12(11)10-18/h8-9H,4-7,10,16H2,1-3H3. The smallest absolute Gasteiger partial charge is 0.224 e. The second-order valence-electron chi connectivity index (χ2n) is 5.48. The van der Waals surface area contributed by atoms with Crippen LogP contribution in [0.1, 0.15) is 17.5 Å². The Morgan fingerprint density at radius 3 is 2.80 bits per heavy atom. The van der Waals surface area contributed by atoms with Gasteiger partial charge in [-0.3, -0.25) is 4.79 Å². The minimum Gasteiger partial charge on any atom is -0.495 e. The summed E-state index contributed by atoms with van der Waals surface area (Å²) in [5, 5.41) is 0. The molecule has 0 radical (unpaired) electrons. The summed E-state index contributed by atoms with van der Waals surface area (Å²) in [7, 11) is 5.58. The van der Waals surface area contributed by atoms with Gasteiger partial charge in [-0.25, -0.2) is 0 Å². The van der Waals surface area contributed by atoms with Crippen LogP contribution in [0.4, 0.5) is 5.69 Å². The summed E-state index contributed by atoms with van der Waals surface area (Å²) >= 11 is 0. The number of carbonyl (C=O) groups excluding carboxylic acids is 1. The van der Waals surface area contributed by atoms with Gasteiger partial charge in [0, 0.05) is 26.1 Å². The summed E-state index contributed by atoms with van der Waals surface area (Å²) in [5.74, 6) is 0.926. The Bertz CT molecular complexity index is 500. The largest absolute Gasteiger partial charge is 0.495 e. The number of hydrogen-bond donors (Lipinski definition) is 1. The minimum atomic E-state index is 0.207. The van der Waals surface area contributed by atoms with E-state index in [1.807, 2.05) is 36.0 Å². The fourth-order valence-corrected chi connectivity index (χ4v) is 2.47. The molecule has 2 N–H and O–H groups in total. The van der Waals surface area contributed by atoms with Gasteiger partial charge >= 0.3 is 0 Å². The maximum Gasteiger partial charge on any atom is 0.224 e. The normalized spacial score (nSPS) is 14.3. The maximum absolute atomic E-state index is 12.2. The molecule has 0 bridgehead atoms. The highest BCUT2D eigenvalue weighted by atomic mass is 16.5. The molecule has 0 unspecified atom stereocenters. The molecule has 1 amide bonds. The maximum atomic E-state index is 12.2. The summed E-state index contributed by atoms with van der Waals surface area (Å²) in [4.78, 5) is 16.1. The van der Waals surface area contributed by atoms with Gasteiger partial charge in [0.25, 0.3) is 0 Å². The second kappa shape index (κ2) is 6.13. The summed E-state index contributed by atoms with van der Waals surface area (Å²) in [6.45, 7) is 2.20. The quantitative estimate of drug-likeness (QED) is 0.838. The number of benzene rings is 1. The molecule has 1 heterocycles. The molecule has 0 aromatic heterocycles. The number of anilines is 1. The Morgan fingerprint density at radius 2 is 2.15 bits per heavy atom. The number of amides is 1. The Balaban J connectivity index is 2.07. The van der Waals surface area contributed by atoms with Crippen LogP contribution in [0.3, 0.4) is 0 Å². The van der Waals surface area contributed by atoms with Crippen molar-refractivity contribution < 1.29 is 9.53 Å². The molecule has 0 saturated carbocycles. The minimum absolute atomic E-state index is 0.207. The van der Waals surface area contributed by atoms with Crippen LogP contribution in [0.2, 0.25) is 0 Å². The van der Waals surface area contributed by atoms with Crippen molar-refractivity contribution in [3.63, 3.8) is 0 Å². The van der Waals surface area contributed by atoms with Gasteiger partial charge in [-0.1, -0.05) is 0 Å². The van der Waals surface area contributed by atoms with Gasteiger partial charge in [-0.05, 0) is 43.8 Å². The number of nitrogens with two attached hydrogens (primary N) is 1. The van der Waals surface area contributed by atoms with E-state index in [1.54, 1.807) is 7.11 Å². The van der Waals surface area contributed by atoms with Gasteiger partial charge in [-0.2, -0.15) is 0 Å². The molecule has 2 rings (SSSR count). The van der Waals surface area contributed by atoms with Crippen LogP contribution in [0, 0.1) is 0 Å². The lowest BCUT2D eigenvalue weighted by molar-refractivity contribution is -0.132. The third kappa shape index (κ3) is 3.22. The van der Waals surface area contributed by atoms with E-state index < -0.39 is 0 Å². The molecule has 0 aliphatic carbocycles. The highest BCUT2D eigenvalue weighted by Crippen LogP contribution is 2.29. The zero-order valence-corrected chi connectivity index (χ0v) is 12.5. The third-order valence-corrected chi connectivity index (χ3v) is 3.69. The first-order valence-electron chi connectivity index (χ1n) is 6.89. The molecular weight excluding hydrogens is 254 g/mol. The number of nitrogen functional groups attached to an aromatic ring is 1. The highest BCUT2D eigenvalue weighted by molar-refractivity contribution is 5.77. The van der Waals surface area contributed by atoms with Crippen LogP contribution in [0.5, 0.6) is 5.75 Å². The Labute approximate surface area is 120 Å².